The Kier molecular flexibility index (Phi) is 4.41. The Balaban J connectivity index is 2.00. The summed E-state index contributed by atoms with van der Waals surface area (Å²) >= 11 is 0. The molecule has 0 atom stereocenters. The molecule has 2 aromatic rings. The molecule has 0 radical (unpaired) electrons. The summed E-state index contributed by atoms with van der Waals surface area (Å²) in [6, 6.07) is 13.7. The second-order valence-corrected chi connectivity index (χ2v) is 4.92. The van der Waals surface area contributed by atoms with Crippen LogP contribution in [0.25, 0.3) is 0 Å². The molecule has 3 heteroatoms. The highest BCUT2D eigenvalue weighted by Crippen LogP contribution is 2.18. The van der Waals surface area contributed by atoms with E-state index in [-0.39, 0.29) is 5.91 Å². The van der Waals surface area contributed by atoms with Crippen molar-refractivity contribution < 1.29 is 9.53 Å². The molecule has 0 spiro atoms. The summed E-state index contributed by atoms with van der Waals surface area (Å²) in [5.74, 6) is 0.717. The molecule has 0 saturated carbocycles. The van der Waals surface area contributed by atoms with E-state index < -0.39 is 0 Å². The average Bonchev–Trinajstić information content (AvgIpc) is 2.41. The van der Waals surface area contributed by atoms with Crippen LogP contribution in [0.4, 0.5) is 5.69 Å². The summed E-state index contributed by atoms with van der Waals surface area (Å²) in [5, 5.41) is 2.73. The minimum absolute atomic E-state index is 0.0750. The van der Waals surface area contributed by atoms with Crippen molar-refractivity contribution in [2.45, 2.75) is 27.4 Å². The third-order valence-corrected chi connectivity index (χ3v) is 3.07. The number of carbonyl (C=O) groups is 1. The molecule has 0 saturated heterocycles. The quantitative estimate of drug-likeness (QED) is 0.915. The zero-order valence-corrected chi connectivity index (χ0v) is 12.1. The lowest BCUT2D eigenvalue weighted by Crippen LogP contribution is -2.05. The van der Waals surface area contributed by atoms with Gasteiger partial charge in [0.05, 0.1) is 0 Å². The van der Waals surface area contributed by atoms with Crippen molar-refractivity contribution in [2.75, 3.05) is 5.32 Å². The predicted octanol–water partition coefficient (Wildman–Crippen LogP) is 3.84. The minimum atomic E-state index is -0.0750. The van der Waals surface area contributed by atoms with Crippen LogP contribution in [0.15, 0.2) is 42.5 Å². The van der Waals surface area contributed by atoms with Gasteiger partial charge in [-0.15, -0.1) is 0 Å². The number of anilines is 1. The van der Waals surface area contributed by atoms with Crippen molar-refractivity contribution in [3.05, 3.63) is 59.2 Å². The van der Waals surface area contributed by atoms with Gasteiger partial charge in [-0.05, 0) is 49.2 Å². The lowest BCUT2D eigenvalue weighted by molar-refractivity contribution is -0.114. The third-order valence-electron chi connectivity index (χ3n) is 3.07. The van der Waals surface area contributed by atoms with E-state index in [0.29, 0.717) is 6.61 Å². The van der Waals surface area contributed by atoms with Gasteiger partial charge in [0.15, 0.2) is 0 Å². The normalized spacial score (nSPS) is 10.2. The number of aryl methyl sites for hydroxylation is 2. The Bertz CT molecular complexity index is 603. The molecule has 0 fully saturated rings. The summed E-state index contributed by atoms with van der Waals surface area (Å²) < 4.78 is 5.78. The maximum Gasteiger partial charge on any atom is 0.221 e. The molecular formula is C17H19NO2. The average molecular weight is 269 g/mol. The van der Waals surface area contributed by atoms with Crippen LogP contribution < -0.4 is 10.1 Å². The third kappa shape index (κ3) is 3.85. The molecule has 2 rings (SSSR count). The smallest absolute Gasteiger partial charge is 0.221 e. The number of amides is 1. The van der Waals surface area contributed by atoms with Gasteiger partial charge in [-0.25, -0.2) is 0 Å². The molecule has 0 unspecified atom stereocenters. The zero-order chi connectivity index (χ0) is 14.5. The van der Waals surface area contributed by atoms with Crippen LogP contribution in [0.5, 0.6) is 5.75 Å². The Morgan fingerprint density at radius 3 is 2.45 bits per heavy atom. The van der Waals surface area contributed by atoms with Gasteiger partial charge in [-0.3, -0.25) is 4.79 Å². The fourth-order valence-electron chi connectivity index (χ4n) is 1.95. The molecule has 20 heavy (non-hydrogen) atoms. The number of hydrogen-bond acceptors (Lipinski definition) is 2. The van der Waals surface area contributed by atoms with Gasteiger partial charge in [-0.1, -0.05) is 23.8 Å². The SMILES string of the molecule is CC(=O)Nc1ccc(OCc2cc(C)ccc2C)cc1. The fraction of sp³-hybridized carbons (Fsp3) is 0.235. The molecule has 0 aliphatic rings. The highest BCUT2D eigenvalue weighted by Gasteiger charge is 2.01. The second kappa shape index (κ2) is 6.24. The van der Waals surface area contributed by atoms with Crippen molar-refractivity contribution in [1.29, 1.82) is 0 Å². The molecule has 0 aromatic heterocycles. The van der Waals surface area contributed by atoms with Crippen molar-refractivity contribution in [3.63, 3.8) is 0 Å². The van der Waals surface area contributed by atoms with E-state index >= 15 is 0 Å². The summed E-state index contributed by atoms with van der Waals surface area (Å²) in [6.07, 6.45) is 0. The van der Waals surface area contributed by atoms with E-state index in [9.17, 15) is 4.79 Å². The molecule has 1 amide bonds. The van der Waals surface area contributed by atoms with Crippen LogP contribution in [0, 0.1) is 13.8 Å². The molecule has 0 bridgehead atoms. The molecule has 0 heterocycles. The molecular weight excluding hydrogens is 250 g/mol. The second-order valence-electron chi connectivity index (χ2n) is 4.92. The highest BCUT2D eigenvalue weighted by molar-refractivity contribution is 5.88. The molecule has 2 aromatic carbocycles. The van der Waals surface area contributed by atoms with Crippen LogP contribution in [0.1, 0.15) is 23.6 Å². The summed E-state index contributed by atoms with van der Waals surface area (Å²) in [5.41, 5.74) is 4.42. The predicted molar refractivity (Wildman–Crippen MR) is 81.0 cm³/mol. The van der Waals surface area contributed by atoms with E-state index in [2.05, 4.69) is 37.4 Å². The van der Waals surface area contributed by atoms with Gasteiger partial charge in [-0.2, -0.15) is 0 Å². The standard InChI is InChI=1S/C17H19NO2/c1-12-4-5-13(2)15(10-12)11-20-17-8-6-16(7-9-17)18-14(3)19/h4-10H,11H2,1-3H3,(H,18,19). The van der Waals surface area contributed by atoms with Crippen molar-refractivity contribution in [2.24, 2.45) is 0 Å². The number of carbonyl (C=O) groups excluding carboxylic acids is 1. The van der Waals surface area contributed by atoms with Gasteiger partial charge in [0.25, 0.3) is 0 Å². The van der Waals surface area contributed by atoms with Crippen LogP contribution in [0.2, 0.25) is 0 Å². The first-order chi connectivity index (χ1) is 9.54. The van der Waals surface area contributed by atoms with Gasteiger partial charge in [0.2, 0.25) is 5.91 Å². The summed E-state index contributed by atoms with van der Waals surface area (Å²) in [4.78, 5) is 10.9. The van der Waals surface area contributed by atoms with E-state index in [1.807, 2.05) is 24.3 Å². The first-order valence-electron chi connectivity index (χ1n) is 6.61. The summed E-state index contributed by atoms with van der Waals surface area (Å²) in [6.45, 7) is 6.20. The minimum Gasteiger partial charge on any atom is -0.489 e. The zero-order valence-electron chi connectivity index (χ0n) is 12.1. The molecule has 0 aliphatic carbocycles. The first kappa shape index (κ1) is 14.1. The lowest BCUT2D eigenvalue weighted by atomic mass is 10.1. The largest absolute Gasteiger partial charge is 0.489 e. The van der Waals surface area contributed by atoms with Crippen molar-refractivity contribution in [1.82, 2.24) is 0 Å². The molecule has 3 nitrogen and oxygen atoms in total. The van der Waals surface area contributed by atoms with Crippen molar-refractivity contribution >= 4 is 11.6 Å². The Labute approximate surface area is 119 Å². The van der Waals surface area contributed by atoms with Crippen LogP contribution in [0.3, 0.4) is 0 Å². The Hall–Kier alpha value is -2.29. The Morgan fingerprint density at radius 2 is 1.80 bits per heavy atom. The van der Waals surface area contributed by atoms with E-state index in [1.165, 1.54) is 23.6 Å². The van der Waals surface area contributed by atoms with E-state index in [0.717, 1.165) is 11.4 Å². The van der Waals surface area contributed by atoms with Crippen LogP contribution in [-0.4, -0.2) is 5.91 Å². The number of ether oxygens (including phenoxy) is 1. The van der Waals surface area contributed by atoms with Crippen LogP contribution >= 0.6 is 0 Å². The summed E-state index contributed by atoms with van der Waals surface area (Å²) in [7, 11) is 0. The Morgan fingerprint density at radius 1 is 1.10 bits per heavy atom. The number of hydrogen-bond donors (Lipinski definition) is 1. The number of benzene rings is 2. The lowest BCUT2D eigenvalue weighted by Gasteiger charge is -2.10. The van der Waals surface area contributed by atoms with Gasteiger partial charge < -0.3 is 10.1 Å². The van der Waals surface area contributed by atoms with Crippen LogP contribution in [-0.2, 0) is 11.4 Å². The maximum atomic E-state index is 10.9. The topological polar surface area (TPSA) is 38.3 Å². The first-order valence-corrected chi connectivity index (χ1v) is 6.61. The monoisotopic (exact) mass is 269 g/mol. The van der Waals surface area contributed by atoms with E-state index in [1.54, 1.807) is 0 Å². The van der Waals surface area contributed by atoms with Crippen molar-refractivity contribution in [3.8, 4) is 5.75 Å². The number of nitrogens with one attached hydrogen (secondary N) is 1. The van der Waals surface area contributed by atoms with E-state index in [4.69, 9.17) is 4.74 Å². The van der Waals surface area contributed by atoms with Gasteiger partial charge >= 0.3 is 0 Å². The fourth-order valence-corrected chi connectivity index (χ4v) is 1.95. The van der Waals surface area contributed by atoms with Gasteiger partial charge in [0.1, 0.15) is 12.4 Å². The molecule has 1 N–H and O–H groups in total. The number of rotatable bonds is 4. The highest BCUT2D eigenvalue weighted by atomic mass is 16.5. The van der Waals surface area contributed by atoms with Gasteiger partial charge in [0, 0.05) is 12.6 Å². The molecule has 0 aliphatic heterocycles. The maximum absolute atomic E-state index is 10.9. The molecule has 104 valence electrons.